The largest absolute Gasteiger partial charge is 0.466 e. The Kier molecular flexibility index (Phi) is 8.30. The van der Waals surface area contributed by atoms with E-state index in [9.17, 15) is 9.59 Å². The Morgan fingerprint density at radius 3 is 1.80 bits per heavy atom. The summed E-state index contributed by atoms with van der Waals surface area (Å²) in [5.74, 6) is -2.07. The van der Waals surface area contributed by atoms with Gasteiger partial charge in [0.25, 0.3) is 0 Å². The van der Waals surface area contributed by atoms with Gasteiger partial charge in [0.1, 0.15) is 11.2 Å². The maximum absolute atomic E-state index is 15.6. The van der Waals surface area contributed by atoms with Gasteiger partial charge in [-0.3, -0.25) is 14.4 Å². The molecule has 222 valence electrons. The third-order valence-corrected chi connectivity index (χ3v) is 9.29. The second kappa shape index (κ2) is 12.5. The first-order valence-corrected chi connectivity index (χ1v) is 15.4. The summed E-state index contributed by atoms with van der Waals surface area (Å²) in [4.78, 5) is 44.1. The molecule has 1 heterocycles. The number of esters is 1. The van der Waals surface area contributed by atoms with Gasteiger partial charge in [-0.25, -0.2) is 0 Å². The van der Waals surface area contributed by atoms with E-state index in [2.05, 4.69) is 12.1 Å². The molecule has 1 aliphatic carbocycles. The van der Waals surface area contributed by atoms with Crippen molar-refractivity contribution < 1.29 is 19.1 Å². The summed E-state index contributed by atoms with van der Waals surface area (Å²) in [6.07, 6.45) is 0.633. The van der Waals surface area contributed by atoms with Crippen LogP contribution in [0.25, 0.3) is 0 Å². The standard InChI is InChI=1S/C39H37NO4/c1-3-44-37(42)33-25-35-34(24-32(33)27(2)41)36(29-18-10-5-11-19-29)39(30-20-12-6-13-21-30,31-22-14-7-15-23-31)38(43)40(35)26-28-16-8-4-9-17-28/h4-23,32-33,36H,3,24-26H2,1-2H3/t32-,33-,36+/m0/s1. The van der Waals surface area contributed by atoms with E-state index in [0.717, 1.165) is 33.5 Å². The zero-order chi connectivity index (χ0) is 30.7. The molecule has 1 aliphatic heterocycles. The number of nitrogens with zero attached hydrogens (tertiary/aromatic N) is 1. The molecule has 0 bridgehead atoms. The highest BCUT2D eigenvalue weighted by molar-refractivity contribution is 5.98. The minimum atomic E-state index is -1.12. The maximum Gasteiger partial charge on any atom is 0.310 e. The number of hydrogen-bond donors (Lipinski definition) is 0. The number of rotatable bonds is 8. The Morgan fingerprint density at radius 2 is 1.27 bits per heavy atom. The summed E-state index contributed by atoms with van der Waals surface area (Å²) >= 11 is 0. The van der Waals surface area contributed by atoms with E-state index >= 15 is 4.79 Å². The first-order valence-electron chi connectivity index (χ1n) is 15.4. The predicted molar refractivity (Wildman–Crippen MR) is 170 cm³/mol. The van der Waals surface area contributed by atoms with E-state index in [0.29, 0.717) is 13.0 Å². The van der Waals surface area contributed by atoms with E-state index in [1.807, 2.05) is 114 Å². The molecule has 4 aromatic carbocycles. The molecular weight excluding hydrogens is 546 g/mol. The fourth-order valence-corrected chi connectivity index (χ4v) is 7.37. The highest BCUT2D eigenvalue weighted by atomic mass is 16.5. The lowest BCUT2D eigenvalue weighted by Gasteiger charge is -2.52. The van der Waals surface area contributed by atoms with Crippen LogP contribution in [0.3, 0.4) is 0 Å². The second-order valence-electron chi connectivity index (χ2n) is 11.7. The number of allylic oxidation sites excluding steroid dienone is 2. The smallest absolute Gasteiger partial charge is 0.310 e. The SMILES string of the molecule is CCOC(=O)[C@H]1CC2=C(C[C@H]1C(C)=O)[C@@H](c1ccccc1)C(c1ccccc1)(c1ccccc1)C(=O)N2Cc1ccccc1. The van der Waals surface area contributed by atoms with Crippen molar-refractivity contribution in [3.63, 3.8) is 0 Å². The second-order valence-corrected chi connectivity index (χ2v) is 11.7. The van der Waals surface area contributed by atoms with Gasteiger partial charge >= 0.3 is 5.97 Å². The van der Waals surface area contributed by atoms with Crippen molar-refractivity contribution in [2.75, 3.05) is 6.61 Å². The predicted octanol–water partition coefficient (Wildman–Crippen LogP) is 7.23. The van der Waals surface area contributed by atoms with E-state index < -0.39 is 23.2 Å². The zero-order valence-electron chi connectivity index (χ0n) is 25.2. The van der Waals surface area contributed by atoms with Crippen LogP contribution in [0.4, 0.5) is 0 Å². The number of ether oxygens (including phenoxy) is 1. The minimum absolute atomic E-state index is 0.0436. The van der Waals surface area contributed by atoms with Gasteiger partial charge in [-0.1, -0.05) is 121 Å². The molecule has 5 heteroatoms. The van der Waals surface area contributed by atoms with E-state index in [1.54, 1.807) is 13.8 Å². The van der Waals surface area contributed by atoms with Gasteiger partial charge in [0.2, 0.25) is 5.91 Å². The van der Waals surface area contributed by atoms with Gasteiger partial charge in [-0.2, -0.15) is 0 Å². The number of carbonyl (C=O) groups is 3. The van der Waals surface area contributed by atoms with Crippen LogP contribution in [0, 0.1) is 11.8 Å². The molecule has 0 spiro atoms. The molecule has 0 fully saturated rings. The number of ketones is 1. The average molecular weight is 584 g/mol. The van der Waals surface area contributed by atoms with Gasteiger partial charge in [-0.05, 0) is 48.1 Å². The van der Waals surface area contributed by atoms with Crippen LogP contribution in [0.5, 0.6) is 0 Å². The summed E-state index contributed by atoms with van der Waals surface area (Å²) in [5.41, 5.74) is 4.50. The Bertz CT molecular complexity index is 1630. The Hall–Kier alpha value is -4.77. The van der Waals surface area contributed by atoms with Crippen molar-refractivity contribution in [2.24, 2.45) is 11.8 Å². The monoisotopic (exact) mass is 583 g/mol. The Labute approximate surface area is 259 Å². The number of amides is 1. The quantitative estimate of drug-likeness (QED) is 0.205. The van der Waals surface area contributed by atoms with Gasteiger partial charge in [0, 0.05) is 24.0 Å². The highest BCUT2D eigenvalue weighted by Crippen LogP contribution is 2.58. The summed E-state index contributed by atoms with van der Waals surface area (Å²) in [6.45, 7) is 3.93. The molecule has 1 amide bonds. The van der Waals surface area contributed by atoms with E-state index in [4.69, 9.17) is 4.74 Å². The Balaban J connectivity index is 1.69. The zero-order valence-corrected chi connectivity index (χ0v) is 25.2. The van der Waals surface area contributed by atoms with Crippen molar-refractivity contribution in [3.8, 4) is 0 Å². The summed E-state index contributed by atoms with van der Waals surface area (Å²) < 4.78 is 5.50. The lowest BCUT2D eigenvalue weighted by molar-refractivity contribution is -0.153. The lowest BCUT2D eigenvalue weighted by atomic mass is 9.55. The summed E-state index contributed by atoms with van der Waals surface area (Å²) in [6, 6.07) is 40.1. The van der Waals surface area contributed by atoms with Gasteiger partial charge < -0.3 is 9.64 Å². The molecule has 44 heavy (non-hydrogen) atoms. The average Bonchev–Trinajstić information content (AvgIpc) is 3.07. The van der Waals surface area contributed by atoms with Crippen molar-refractivity contribution in [1.29, 1.82) is 0 Å². The topological polar surface area (TPSA) is 63.7 Å². The molecule has 2 aliphatic rings. The normalized spacial score (nSPS) is 21.0. The molecule has 4 aromatic rings. The van der Waals surface area contributed by atoms with Crippen LogP contribution >= 0.6 is 0 Å². The van der Waals surface area contributed by atoms with Crippen LogP contribution in [0.1, 0.15) is 54.9 Å². The number of carbonyl (C=O) groups excluding carboxylic acids is 3. The van der Waals surface area contributed by atoms with E-state index in [1.165, 1.54) is 0 Å². The van der Waals surface area contributed by atoms with Crippen molar-refractivity contribution in [3.05, 3.63) is 155 Å². The van der Waals surface area contributed by atoms with Crippen molar-refractivity contribution in [1.82, 2.24) is 4.90 Å². The number of benzene rings is 4. The minimum Gasteiger partial charge on any atom is -0.466 e. The number of Topliss-reactive ketones (excluding diaryl/α,β-unsaturated/α-hetero) is 1. The third kappa shape index (κ3) is 5.06. The Morgan fingerprint density at radius 1 is 0.750 bits per heavy atom. The molecule has 6 rings (SSSR count). The fraction of sp³-hybridized carbons (Fsp3) is 0.256. The molecule has 0 saturated heterocycles. The van der Waals surface area contributed by atoms with Crippen LogP contribution in [-0.4, -0.2) is 29.2 Å². The maximum atomic E-state index is 15.6. The molecule has 0 radical (unpaired) electrons. The van der Waals surface area contributed by atoms with Gasteiger partial charge in [0.05, 0.1) is 19.1 Å². The van der Waals surface area contributed by atoms with Crippen LogP contribution in [0.15, 0.2) is 133 Å². The third-order valence-electron chi connectivity index (χ3n) is 9.29. The lowest BCUT2D eigenvalue weighted by Crippen LogP contribution is -2.56. The highest BCUT2D eigenvalue weighted by Gasteiger charge is 2.58. The first-order chi connectivity index (χ1) is 21.5. The summed E-state index contributed by atoms with van der Waals surface area (Å²) in [5, 5.41) is 0. The molecule has 0 saturated carbocycles. The number of hydrogen-bond acceptors (Lipinski definition) is 4. The van der Waals surface area contributed by atoms with Crippen LogP contribution < -0.4 is 0 Å². The summed E-state index contributed by atoms with van der Waals surface area (Å²) in [7, 11) is 0. The van der Waals surface area contributed by atoms with Crippen LogP contribution in [-0.2, 0) is 31.1 Å². The van der Waals surface area contributed by atoms with Crippen molar-refractivity contribution >= 4 is 17.7 Å². The van der Waals surface area contributed by atoms with Gasteiger partial charge in [0.15, 0.2) is 0 Å². The molecular formula is C39H37NO4. The molecule has 0 aromatic heterocycles. The van der Waals surface area contributed by atoms with Crippen molar-refractivity contribution in [2.45, 2.75) is 44.6 Å². The molecule has 5 nitrogen and oxygen atoms in total. The molecule has 0 unspecified atom stereocenters. The van der Waals surface area contributed by atoms with E-state index in [-0.39, 0.29) is 30.7 Å². The van der Waals surface area contributed by atoms with Crippen LogP contribution in [0.2, 0.25) is 0 Å². The fourth-order valence-electron chi connectivity index (χ4n) is 7.37. The van der Waals surface area contributed by atoms with Gasteiger partial charge in [-0.15, -0.1) is 0 Å². The molecule has 3 atom stereocenters. The molecule has 0 N–H and O–H groups in total. The first kappa shape index (κ1) is 29.3.